The van der Waals surface area contributed by atoms with Gasteiger partial charge in [0.1, 0.15) is 0 Å². The summed E-state index contributed by atoms with van der Waals surface area (Å²) in [5.74, 6) is 0. The van der Waals surface area contributed by atoms with Gasteiger partial charge in [0.25, 0.3) is 0 Å². The van der Waals surface area contributed by atoms with Crippen LogP contribution in [-0.4, -0.2) is 24.8 Å². The summed E-state index contributed by atoms with van der Waals surface area (Å²) in [4.78, 5) is 2.28. The third-order valence-corrected chi connectivity index (χ3v) is 2.52. The monoisotopic (exact) mass is 189 g/mol. The summed E-state index contributed by atoms with van der Waals surface area (Å²) in [7, 11) is 0. The van der Waals surface area contributed by atoms with Gasteiger partial charge in [0.2, 0.25) is 0 Å². The van der Waals surface area contributed by atoms with Crippen molar-refractivity contribution in [1.29, 1.82) is 0 Å². The SMILES string of the molecule is C=CCN1COC[C@H]1c1ccccc1. The zero-order valence-electron chi connectivity index (χ0n) is 8.23. The Labute approximate surface area is 84.8 Å². The Kier molecular flexibility index (Phi) is 2.96. The molecule has 1 atom stereocenters. The second-order valence-corrected chi connectivity index (χ2v) is 3.49. The van der Waals surface area contributed by atoms with Gasteiger partial charge in [-0.2, -0.15) is 0 Å². The van der Waals surface area contributed by atoms with Crippen LogP contribution in [0.4, 0.5) is 0 Å². The number of hydrogen-bond donors (Lipinski definition) is 0. The Morgan fingerprint density at radius 3 is 2.93 bits per heavy atom. The van der Waals surface area contributed by atoms with Crippen LogP contribution in [0.2, 0.25) is 0 Å². The van der Waals surface area contributed by atoms with Gasteiger partial charge in [0, 0.05) is 6.54 Å². The van der Waals surface area contributed by atoms with Gasteiger partial charge in [0.15, 0.2) is 0 Å². The molecule has 1 heterocycles. The van der Waals surface area contributed by atoms with E-state index in [9.17, 15) is 0 Å². The zero-order chi connectivity index (χ0) is 9.80. The molecule has 0 saturated carbocycles. The highest BCUT2D eigenvalue weighted by atomic mass is 16.5. The van der Waals surface area contributed by atoms with Crippen molar-refractivity contribution >= 4 is 0 Å². The standard InChI is InChI=1S/C12H15NO/c1-2-8-13-10-14-9-12(13)11-6-4-3-5-7-11/h2-7,12H,1,8-10H2/t12-/m0/s1. The number of benzene rings is 1. The van der Waals surface area contributed by atoms with Gasteiger partial charge in [-0.3, -0.25) is 4.90 Å². The van der Waals surface area contributed by atoms with E-state index < -0.39 is 0 Å². The van der Waals surface area contributed by atoms with Crippen LogP contribution < -0.4 is 0 Å². The molecule has 0 spiro atoms. The third kappa shape index (κ3) is 1.86. The molecule has 1 aromatic carbocycles. The Morgan fingerprint density at radius 2 is 2.21 bits per heavy atom. The minimum atomic E-state index is 0.397. The molecular weight excluding hydrogens is 174 g/mol. The summed E-state index contributed by atoms with van der Waals surface area (Å²) in [6.45, 7) is 6.15. The van der Waals surface area contributed by atoms with Crippen molar-refractivity contribution in [3.63, 3.8) is 0 Å². The lowest BCUT2D eigenvalue weighted by atomic mass is 10.1. The Balaban J connectivity index is 2.13. The number of ether oxygens (including phenoxy) is 1. The van der Waals surface area contributed by atoms with Crippen molar-refractivity contribution < 1.29 is 4.74 Å². The Bertz CT molecular complexity index is 296. The lowest BCUT2D eigenvalue weighted by Crippen LogP contribution is -2.24. The van der Waals surface area contributed by atoms with Crippen molar-refractivity contribution in [3.8, 4) is 0 Å². The van der Waals surface area contributed by atoms with Gasteiger partial charge in [-0.1, -0.05) is 36.4 Å². The van der Waals surface area contributed by atoms with Crippen LogP contribution in [0.15, 0.2) is 43.0 Å². The van der Waals surface area contributed by atoms with Crippen LogP contribution in [0.3, 0.4) is 0 Å². The van der Waals surface area contributed by atoms with E-state index >= 15 is 0 Å². The molecule has 14 heavy (non-hydrogen) atoms. The molecule has 1 saturated heterocycles. The van der Waals surface area contributed by atoms with Crippen LogP contribution in [0.1, 0.15) is 11.6 Å². The maximum atomic E-state index is 5.45. The van der Waals surface area contributed by atoms with Crippen LogP contribution in [0, 0.1) is 0 Å². The maximum Gasteiger partial charge on any atom is 0.0999 e. The maximum absolute atomic E-state index is 5.45. The predicted molar refractivity (Wildman–Crippen MR) is 56.9 cm³/mol. The molecule has 1 aromatic rings. The fraction of sp³-hybridized carbons (Fsp3) is 0.333. The molecule has 1 aliphatic heterocycles. The first kappa shape index (κ1) is 9.44. The largest absolute Gasteiger partial charge is 0.364 e. The number of nitrogens with zero attached hydrogens (tertiary/aromatic N) is 1. The van der Waals surface area contributed by atoms with Gasteiger partial charge in [-0.25, -0.2) is 0 Å². The first-order chi connectivity index (χ1) is 6.92. The van der Waals surface area contributed by atoms with Crippen molar-refractivity contribution in [2.24, 2.45) is 0 Å². The number of hydrogen-bond acceptors (Lipinski definition) is 2. The summed E-state index contributed by atoms with van der Waals surface area (Å²) in [5, 5.41) is 0. The van der Waals surface area contributed by atoms with E-state index in [4.69, 9.17) is 4.74 Å². The summed E-state index contributed by atoms with van der Waals surface area (Å²) < 4.78 is 5.45. The summed E-state index contributed by atoms with van der Waals surface area (Å²) in [6, 6.07) is 10.9. The van der Waals surface area contributed by atoms with Crippen molar-refractivity contribution in [2.45, 2.75) is 6.04 Å². The lowest BCUT2D eigenvalue weighted by molar-refractivity contribution is 0.146. The highest BCUT2D eigenvalue weighted by Crippen LogP contribution is 2.25. The summed E-state index contributed by atoms with van der Waals surface area (Å²) in [5.41, 5.74) is 1.33. The molecule has 0 aliphatic carbocycles. The van der Waals surface area contributed by atoms with Crippen LogP contribution in [-0.2, 0) is 4.74 Å². The van der Waals surface area contributed by atoms with Gasteiger partial charge in [0.05, 0.1) is 19.4 Å². The highest BCUT2D eigenvalue weighted by Gasteiger charge is 2.25. The molecular formula is C12H15NO. The summed E-state index contributed by atoms with van der Waals surface area (Å²) >= 11 is 0. The molecule has 1 fully saturated rings. The fourth-order valence-electron chi connectivity index (χ4n) is 1.80. The average molecular weight is 189 g/mol. The average Bonchev–Trinajstić information content (AvgIpc) is 2.68. The van der Waals surface area contributed by atoms with Crippen molar-refractivity contribution in [2.75, 3.05) is 19.9 Å². The molecule has 0 N–H and O–H groups in total. The van der Waals surface area contributed by atoms with E-state index in [-0.39, 0.29) is 0 Å². The molecule has 2 nitrogen and oxygen atoms in total. The Hall–Kier alpha value is -1.12. The molecule has 74 valence electrons. The quantitative estimate of drug-likeness (QED) is 0.676. The minimum Gasteiger partial charge on any atom is -0.364 e. The van der Waals surface area contributed by atoms with E-state index in [1.807, 2.05) is 12.1 Å². The first-order valence-corrected chi connectivity index (χ1v) is 4.89. The smallest absolute Gasteiger partial charge is 0.0999 e. The van der Waals surface area contributed by atoms with E-state index in [0.717, 1.165) is 13.2 Å². The molecule has 2 heteroatoms. The predicted octanol–water partition coefficient (Wildman–Crippen LogP) is 2.20. The van der Waals surface area contributed by atoms with Crippen LogP contribution >= 0.6 is 0 Å². The van der Waals surface area contributed by atoms with Gasteiger partial charge in [-0.05, 0) is 5.56 Å². The molecule has 0 amide bonds. The van der Waals surface area contributed by atoms with Crippen LogP contribution in [0.25, 0.3) is 0 Å². The molecule has 0 radical (unpaired) electrons. The Morgan fingerprint density at radius 1 is 1.43 bits per heavy atom. The van der Waals surface area contributed by atoms with Crippen molar-refractivity contribution in [3.05, 3.63) is 48.6 Å². The van der Waals surface area contributed by atoms with Crippen molar-refractivity contribution in [1.82, 2.24) is 4.90 Å². The van der Waals surface area contributed by atoms with Crippen LogP contribution in [0.5, 0.6) is 0 Å². The normalized spacial score (nSPS) is 22.4. The molecule has 1 aliphatic rings. The second-order valence-electron chi connectivity index (χ2n) is 3.49. The summed E-state index contributed by atoms with van der Waals surface area (Å²) in [6.07, 6.45) is 1.92. The topological polar surface area (TPSA) is 12.5 Å². The van der Waals surface area contributed by atoms with Gasteiger partial charge >= 0.3 is 0 Å². The molecule has 2 rings (SSSR count). The zero-order valence-corrected chi connectivity index (χ0v) is 8.23. The van der Waals surface area contributed by atoms with E-state index in [1.165, 1.54) is 5.56 Å². The van der Waals surface area contributed by atoms with E-state index in [2.05, 4.69) is 35.7 Å². The third-order valence-electron chi connectivity index (χ3n) is 2.52. The molecule has 0 unspecified atom stereocenters. The van der Waals surface area contributed by atoms with E-state index in [1.54, 1.807) is 0 Å². The fourth-order valence-corrected chi connectivity index (χ4v) is 1.80. The number of rotatable bonds is 3. The highest BCUT2D eigenvalue weighted by molar-refractivity contribution is 5.19. The van der Waals surface area contributed by atoms with Gasteiger partial charge in [-0.15, -0.1) is 6.58 Å². The first-order valence-electron chi connectivity index (χ1n) is 4.89. The van der Waals surface area contributed by atoms with Gasteiger partial charge < -0.3 is 4.74 Å². The van der Waals surface area contributed by atoms with E-state index in [0.29, 0.717) is 12.8 Å². The molecule has 0 bridgehead atoms. The lowest BCUT2D eigenvalue weighted by Gasteiger charge is -2.20. The molecule has 0 aromatic heterocycles. The minimum absolute atomic E-state index is 0.397. The second kappa shape index (κ2) is 4.40.